The Bertz CT molecular complexity index is 356. The first-order valence-electron chi connectivity index (χ1n) is 3.99. The van der Waals surface area contributed by atoms with Crippen molar-refractivity contribution in [2.75, 3.05) is 5.32 Å². The van der Waals surface area contributed by atoms with Crippen molar-refractivity contribution in [3.63, 3.8) is 0 Å². The Morgan fingerprint density at radius 1 is 1.38 bits per heavy atom. The predicted octanol–water partition coefficient (Wildman–Crippen LogP) is 1.85. The molecule has 1 heterocycles. The molecule has 0 saturated heterocycles. The largest absolute Gasteiger partial charge is 0.465 e. The Kier molecular flexibility index (Phi) is 4.40. The number of halogens is 3. The molecule has 3 N–H and O–H groups in total. The Balaban J connectivity index is 2.75. The fraction of sp³-hybridized carbons (Fsp3) is 0.286. The zero-order chi connectivity index (χ0) is 12.2. The van der Waals surface area contributed by atoms with E-state index in [1.54, 1.807) is 6.07 Å². The van der Waals surface area contributed by atoms with Gasteiger partial charge >= 0.3 is 6.09 Å². The van der Waals surface area contributed by atoms with Crippen LogP contribution in [0.4, 0.5) is 10.7 Å². The number of nitrogens with zero attached hydrogens (tertiary/aromatic N) is 2. The third kappa shape index (κ3) is 4.26. The Labute approximate surface area is 106 Å². The highest BCUT2D eigenvalue weighted by Crippen LogP contribution is 2.30. The van der Waals surface area contributed by atoms with E-state index in [-0.39, 0.29) is 5.95 Å². The summed E-state index contributed by atoms with van der Waals surface area (Å²) in [6.45, 7) is 0. The van der Waals surface area contributed by atoms with Crippen LogP contribution in [-0.2, 0) is 0 Å². The number of alkyl halides is 3. The van der Waals surface area contributed by atoms with Crippen molar-refractivity contribution in [2.24, 2.45) is 0 Å². The van der Waals surface area contributed by atoms with E-state index in [4.69, 9.17) is 39.9 Å². The number of hydrogen-bond donors (Lipinski definition) is 3. The number of hydrogen-bond acceptors (Lipinski definition) is 4. The molecule has 0 saturated carbocycles. The summed E-state index contributed by atoms with van der Waals surface area (Å²) in [6.07, 6.45) is 0.439. The lowest BCUT2D eigenvalue weighted by atomic mass is 10.5. The summed E-state index contributed by atoms with van der Waals surface area (Å²) in [4.78, 5) is 18.1. The number of carboxylic acid groups (broad SMARTS) is 1. The SMILES string of the molecule is O=C(O)NC(Nc1ncccn1)C(Cl)(Cl)Cl. The van der Waals surface area contributed by atoms with Crippen molar-refractivity contribution < 1.29 is 9.90 Å². The lowest BCUT2D eigenvalue weighted by Gasteiger charge is -2.24. The molecule has 6 nitrogen and oxygen atoms in total. The molecule has 1 unspecified atom stereocenters. The highest BCUT2D eigenvalue weighted by molar-refractivity contribution is 6.68. The number of carbonyl (C=O) groups is 1. The Morgan fingerprint density at radius 3 is 2.38 bits per heavy atom. The summed E-state index contributed by atoms with van der Waals surface area (Å²) in [7, 11) is 0. The van der Waals surface area contributed by atoms with Gasteiger partial charge in [0.05, 0.1) is 0 Å². The summed E-state index contributed by atoms with van der Waals surface area (Å²) < 4.78 is -1.86. The number of aromatic nitrogens is 2. The van der Waals surface area contributed by atoms with Gasteiger partial charge in [-0.25, -0.2) is 14.8 Å². The maximum absolute atomic E-state index is 10.5. The van der Waals surface area contributed by atoms with Crippen molar-refractivity contribution in [3.05, 3.63) is 18.5 Å². The van der Waals surface area contributed by atoms with Crippen LogP contribution in [0.2, 0.25) is 0 Å². The first kappa shape index (κ1) is 13.1. The van der Waals surface area contributed by atoms with E-state index in [9.17, 15) is 4.79 Å². The van der Waals surface area contributed by atoms with Crippen LogP contribution in [0.25, 0.3) is 0 Å². The van der Waals surface area contributed by atoms with Crippen LogP contribution < -0.4 is 10.6 Å². The number of rotatable bonds is 3. The smallest absolute Gasteiger partial charge is 0.406 e. The lowest BCUT2D eigenvalue weighted by Crippen LogP contribution is -2.48. The fourth-order valence-electron chi connectivity index (χ4n) is 0.826. The van der Waals surface area contributed by atoms with E-state index in [2.05, 4.69) is 15.3 Å². The van der Waals surface area contributed by atoms with Crippen molar-refractivity contribution in [1.82, 2.24) is 15.3 Å². The van der Waals surface area contributed by atoms with Crippen molar-refractivity contribution >= 4 is 46.8 Å². The average molecular weight is 286 g/mol. The van der Waals surface area contributed by atoms with Crippen molar-refractivity contribution in [3.8, 4) is 0 Å². The van der Waals surface area contributed by atoms with Crippen LogP contribution in [-0.4, -0.2) is 31.1 Å². The standard InChI is InChI=1S/C7H7Cl3N4O2/c8-7(9,10)4(14-6(15)16)13-5-11-2-1-3-12-5/h1-4,14H,(H,15,16)(H,11,12,13). The first-order valence-corrected chi connectivity index (χ1v) is 5.12. The molecule has 0 aromatic carbocycles. The topological polar surface area (TPSA) is 87.1 Å². The van der Waals surface area contributed by atoms with Gasteiger partial charge in [-0.2, -0.15) is 0 Å². The van der Waals surface area contributed by atoms with E-state index in [0.717, 1.165) is 0 Å². The normalized spacial score (nSPS) is 12.9. The first-order chi connectivity index (χ1) is 7.39. The van der Waals surface area contributed by atoms with Gasteiger partial charge in [0.25, 0.3) is 0 Å². The van der Waals surface area contributed by atoms with Gasteiger partial charge in [0.1, 0.15) is 0 Å². The second-order valence-electron chi connectivity index (χ2n) is 2.64. The summed E-state index contributed by atoms with van der Waals surface area (Å²) >= 11 is 16.7. The quantitative estimate of drug-likeness (QED) is 0.583. The molecule has 0 radical (unpaired) electrons. The van der Waals surface area contributed by atoms with Gasteiger partial charge in [-0.3, -0.25) is 5.32 Å². The van der Waals surface area contributed by atoms with Crippen molar-refractivity contribution in [1.29, 1.82) is 0 Å². The zero-order valence-corrected chi connectivity index (χ0v) is 9.96. The molecular formula is C7H7Cl3N4O2. The zero-order valence-electron chi connectivity index (χ0n) is 7.69. The number of amides is 1. The molecular weight excluding hydrogens is 278 g/mol. The van der Waals surface area contributed by atoms with Crippen LogP contribution >= 0.6 is 34.8 Å². The lowest BCUT2D eigenvalue weighted by molar-refractivity contribution is 0.191. The summed E-state index contributed by atoms with van der Waals surface area (Å²) in [5.74, 6) is 0.146. The third-order valence-electron chi connectivity index (χ3n) is 1.43. The summed E-state index contributed by atoms with van der Waals surface area (Å²) in [6, 6.07) is 1.60. The molecule has 1 atom stereocenters. The Hall–Kier alpha value is -0.980. The molecule has 0 spiro atoms. The Morgan fingerprint density at radius 2 is 1.94 bits per heavy atom. The van der Waals surface area contributed by atoms with E-state index in [1.807, 2.05) is 5.32 Å². The maximum atomic E-state index is 10.5. The number of nitrogens with one attached hydrogen (secondary N) is 2. The summed E-state index contributed by atoms with van der Waals surface area (Å²) in [5.41, 5.74) is 0. The maximum Gasteiger partial charge on any atom is 0.406 e. The molecule has 1 aromatic heterocycles. The van der Waals surface area contributed by atoms with Gasteiger partial charge in [0.2, 0.25) is 9.74 Å². The van der Waals surface area contributed by atoms with Gasteiger partial charge in [-0.1, -0.05) is 34.8 Å². The molecule has 0 aliphatic carbocycles. The molecule has 1 rings (SSSR count). The van der Waals surface area contributed by atoms with Crippen molar-refractivity contribution in [2.45, 2.75) is 9.96 Å². The second-order valence-corrected chi connectivity index (χ2v) is 5.01. The van der Waals surface area contributed by atoms with Gasteiger partial charge < -0.3 is 10.4 Å². The van der Waals surface area contributed by atoms with Crippen LogP contribution in [0.15, 0.2) is 18.5 Å². The molecule has 16 heavy (non-hydrogen) atoms. The molecule has 1 aromatic rings. The van der Waals surface area contributed by atoms with E-state index in [1.165, 1.54) is 12.4 Å². The molecule has 0 aliphatic heterocycles. The van der Waals surface area contributed by atoms with Crippen LogP contribution in [0.5, 0.6) is 0 Å². The highest BCUT2D eigenvalue weighted by atomic mass is 35.6. The van der Waals surface area contributed by atoms with Gasteiger partial charge in [0, 0.05) is 12.4 Å². The average Bonchev–Trinajstić information content (AvgIpc) is 2.16. The minimum atomic E-state index is -1.86. The van der Waals surface area contributed by atoms with E-state index in [0.29, 0.717) is 0 Å². The van der Waals surface area contributed by atoms with Crippen LogP contribution in [0.3, 0.4) is 0 Å². The number of anilines is 1. The van der Waals surface area contributed by atoms with Gasteiger partial charge in [0.15, 0.2) is 6.17 Å². The van der Waals surface area contributed by atoms with E-state index >= 15 is 0 Å². The minimum Gasteiger partial charge on any atom is -0.465 e. The third-order valence-corrected chi connectivity index (χ3v) is 2.09. The molecule has 88 valence electrons. The minimum absolute atomic E-state index is 0.146. The molecule has 1 amide bonds. The molecule has 0 aliphatic rings. The molecule has 0 fully saturated rings. The highest BCUT2D eigenvalue weighted by Gasteiger charge is 2.34. The fourth-order valence-corrected chi connectivity index (χ4v) is 1.15. The van der Waals surface area contributed by atoms with Gasteiger partial charge in [-0.05, 0) is 6.07 Å². The van der Waals surface area contributed by atoms with Crippen LogP contribution in [0, 0.1) is 0 Å². The molecule has 0 bridgehead atoms. The predicted molar refractivity (Wildman–Crippen MR) is 60.9 cm³/mol. The molecule has 9 heteroatoms. The van der Waals surface area contributed by atoms with Crippen LogP contribution in [0.1, 0.15) is 0 Å². The monoisotopic (exact) mass is 284 g/mol. The second kappa shape index (κ2) is 5.38. The van der Waals surface area contributed by atoms with E-state index < -0.39 is 16.1 Å². The van der Waals surface area contributed by atoms with Gasteiger partial charge in [-0.15, -0.1) is 0 Å². The summed E-state index contributed by atoms with van der Waals surface area (Å²) in [5, 5.41) is 13.1.